The van der Waals surface area contributed by atoms with Crippen LogP contribution in [0.25, 0.3) is 44.4 Å². The third-order valence-electron chi connectivity index (χ3n) is 10.8. The van der Waals surface area contributed by atoms with E-state index in [9.17, 15) is 4.79 Å². The molecule has 248 valence electrons. The molecule has 3 aromatic carbocycles. The number of amides is 1. The molecule has 8 nitrogen and oxygen atoms in total. The molecule has 3 heterocycles. The summed E-state index contributed by atoms with van der Waals surface area (Å²) < 4.78 is 5.72. The fraction of sp³-hybridized carbons (Fsp3) is 0.425. The summed E-state index contributed by atoms with van der Waals surface area (Å²) >= 11 is 0. The molecule has 1 aliphatic heterocycles. The molecule has 5 aromatic rings. The number of benzene rings is 3. The summed E-state index contributed by atoms with van der Waals surface area (Å²) in [6, 6.07) is 23.0. The Morgan fingerprint density at radius 2 is 1.54 bits per heavy atom. The van der Waals surface area contributed by atoms with Crippen molar-refractivity contribution in [1.82, 2.24) is 29.7 Å². The lowest BCUT2D eigenvalue weighted by Crippen LogP contribution is -2.39. The number of ether oxygens (including phenoxy) is 1. The molecule has 2 N–H and O–H groups in total. The van der Waals surface area contributed by atoms with E-state index in [1.807, 2.05) is 33.2 Å². The van der Waals surface area contributed by atoms with Gasteiger partial charge in [0.15, 0.2) is 0 Å². The Morgan fingerprint density at radius 3 is 2.23 bits per heavy atom. The summed E-state index contributed by atoms with van der Waals surface area (Å²) in [7, 11) is 2.25. The van der Waals surface area contributed by atoms with Gasteiger partial charge in [0, 0.05) is 18.2 Å². The third kappa shape index (κ3) is 6.14. The van der Waals surface area contributed by atoms with Gasteiger partial charge in [-0.3, -0.25) is 4.90 Å². The zero-order valence-corrected chi connectivity index (χ0v) is 28.7. The number of nitrogens with one attached hydrogen (secondary N) is 2. The van der Waals surface area contributed by atoms with Crippen molar-refractivity contribution in [2.24, 2.45) is 11.3 Å². The van der Waals surface area contributed by atoms with Gasteiger partial charge < -0.3 is 19.6 Å². The average Bonchev–Trinajstić information content (AvgIpc) is 3.59. The van der Waals surface area contributed by atoms with Crippen molar-refractivity contribution in [2.45, 2.75) is 84.0 Å². The molecular weight excluding hydrogens is 596 g/mol. The summed E-state index contributed by atoms with van der Waals surface area (Å²) in [6.45, 7) is 8.99. The highest BCUT2D eigenvalue weighted by molar-refractivity contribution is 5.90. The standard InChI is InChI=1S/C40H46N6O2/c1-39(2,3)48-38(47)46(24-40(4)16-17-40)23-35-41-21-34(43-35)30-13-12-28-18-27(10-11-29(28)19-30)25-6-8-26(9-7-25)33-22-42-37(44-33)36-31-14-15-32(20-31)45(36)5/h6-13,18-19,21-22,31-32,36H,14-17,20,23-24H2,1-5H3,(H,41,43)(H,42,44). The number of rotatable bonds is 8. The number of aromatic nitrogens is 4. The Morgan fingerprint density at radius 1 is 0.896 bits per heavy atom. The predicted octanol–water partition coefficient (Wildman–Crippen LogP) is 8.98. The number of nitrogens with zero attached hydrogens (tertiary/aromatic N) is 4. The smallest absolute Gasteiger partial charge is 0.410 e. The monoisotopic (exact) mass is 642 g/mol. The van der Waals surface area contributed by atoms with Crippen molar-refractivity contribution >= 4 is 16.9 Å². The first-order valence-electron chi connectivity index (χ1n) is 17.4. The van der Waals surface area contributed by atoms with Crippen molar-refractivity contribution in [1.29, 1.82) is 0 Å². The quantitative estimate of drug-likeness (QED) is 0.176. The molecule has 48 heavy (non-hydrogen) atoms. The van der Waals surface area contributed by atoms with Crippen LogP contribution in [0.15, 0.2) is 73.1 Å². The van der Waals surface area contributed by atoms with Crippen LogP contribution in [0.5, 0.6) is 0 Å². The zero-order valence-electron chi connectivity index (χ0n) is 28.7. The molecule has 1 saturated heterocycles. The summed E-state index contributed by atoms with van der Waals surface area (Å²) in [6.07, 6.45) is 9.76. The largest absolute Gasteiger partial charge is 0.444 e. The lowest BCUT2D eigenvalue weighted by molar-refractivity contribution is 0.0192. The van der Waals surface area contributed by atoms with Crippen LogP contribution >= 0.6 is 0 Å². The maximum atomic E-state index is 13.0. The Hall–Kier alpha value is -4.43. The number of carbonyl (C=O) groups is 1. The summed E-state index contributed by atoms with van der Waals surface area (Å²) in [5, 5.41) is 2.35. The number of imidazole rings is 2. The first-order valence-corrected chi connectivity index (χ1v) is 17.4. The molecule has 2 saturated carbocycles. The Labute approximate surface area is 282 Å². The lowest BCUT2D eigenvalue weighted by Gasteiger charge is -2.30. The van der Waals surface area contributed by atoms with Crippen LogP contribution in [0, 0.1) is 11.3 Å². The highest BCUT2D eigenvalue weighted by Gasteiger charge is 2.45. The number of hydrogen-bond donors (Lipinski definition) is 2. The Kier molecular flexibility index (Phi) is 7.47. The van der Waals surface area contributed by atoms with Crippen LogP contribution < -0.4 is 0 Å². The molecule has 3 atom stereocenters. The van der Waals surface area contributed by atoms with Gasteiger partial charge in [-0.1, -0.05) is 55.5 Å². The van der Waals surface area contributed by atoms with Crippen LogP contribution in [-0.4, -0.2) is 61.1 Å². The highest BCUT2D eigenvalue weighted by atomic mass is 16.6. The van der Waals surface area contributed by atoms with E-state index in [0.717, 1.165) is 58.3 Å². The fourth-order valence-electron chi connectivity index (χ4n) is 7.81. The van der Waals surface area contributed by atoms with Crippen molar-refractivity contribution in [2.75, 3.05) is 13.6 Å². The second kappa shape index (κ2) is 11.6. The van der Waals surface area contributed by atoms with Crippen LogP contribution in [0.1, 0.15) is 77.5 Å². The number of aromatic amines is 2. The molecule has 2 aliphatic carbocycles. The average molecular weight is 643 g/mol. The molecule has 3 fully saturated rings. The lowest BCUT2D eigenvalue weighted by atomic mass is 9.98. The van der Waals surface area contributed by atoms with E-state index < -0.39 is 5.60 Å². The van der Waals surface area contributed by atoms with E-state index in [4.69, 9.17) is 9.72 Å². The second-order valence-corrected chi connectivity index (χ2v) is 15.8. The summed E-state index contributed by atoms with van der Waals surface area (Å²) in [5.74, 6) is 2.59. The Bertz CT molecular complexity index is 1960. The van der Waals surface area contributed by atoms with E-state index in [2.05, 4.69) is 94.5 Å². The molecule has 0 spiro atoms. The number of fused-ring (bicyclic) bond motifs is 3. The molecule has 3 unspecified atom stereocenters. The molecule has 8 rings (SSSR count). The number of likely N-dealkylation sites (tertiary alicyclic amines) is 1. The minimum Gasteiger partial charge on any atom is -0.444 e. The van der Waals surface area contributed by atoms with E-state index in [1.165, 1.54) is 35.8 Å². The minimum absolute atomic E-state index is 0.168. The molecule has 1 amide bonds. The number of H-pyrrole nitrogens is 2. The minimum atomic E-state index is -0.543. The van der Waals surface area contributed by atoms with Gasteiger partial charge in [0.25, 0.3) is 0 Å². The topological polar surface area (TPSA) is 90.1 Å². The van der Waals surface area contributed by atoms with Gasteiger partial charge in [-0.25, -0.2) is 14.8 Å². The number of carbonyl (C=O) groups excluding carboxylic acids is 1. The first-order chi connectivity index (χ1) is 23.0. The predicted molar refractivity (Wildman–Crippen MR) is 190 cm³/mol. The zero-order chi connectivity index (χ0) is 33.2. The first kappa shape index (κ1) is 30.9. The van der Waals surface area contributed by atoms with E-state index >= 15 is 0 Å². The maximum absolute atomic E-state index is 13.0. The van der Waals surface area contributed by atoms with Crippen LogP contribution in [-0.2, 0) is 11.3 Å². The van der Waals surface area contributed by atoms with Crippen LogP contribution in [0.2, 0.25) is 0 Å². The molecule has 2 bridgehead atoms. The maximum Gasteiger partial charge on any atom is 0.410 e. The Balaban J connectivity index is 0.959. The summed E-state index contributed by atoms with van der Waals surface area (Å²) in [5.41, 5.74) is 6.23. The number of hydrogen-bond acceptors (Lipinski definition) is 5. The third-order valence-corrected chi connectivity index (χ3v) is 10.8. The van der Waals surface area contributed by atoms with E-state index in [-0.39, 0.29) is 11.5 Å². The van der Waals surface area contributed by atoms with Gasteiger partial charge >= 0.3 is 6.09 Å². The molecule has 2 aromatic heterocycles. The van der Waals surface area contributed by atoms with Gasteiger partial charge in [0.1, 0.15) is 17.2 Å². The normalized spacial score (nSPS) is 21.6. The highest BCUT2D eigenvalue weighted by Crippen LogP contribution is 2.49. The van der Waals surface area contributed by atoms with Crippen molar-refractivity contribution in [3.05, 3.63) is 84.7 Å². The van der Waals surface area contributed by atoms with E-state index in [1.54, 1.807) is 4.90 Å². The molecule has 0 radical (unpaired) electrons. The van der Waals surface area contributed by atoms with Crippen LogP contribution in [0.3, 0.4) is 0 Å². The molecule has 8 heteroatoms. The second-order valence-electron chi connectivity index (χ2n) is 15.8. The molecular formula is C40H46N6O2. The number of piperidine rings is 1. The fourth-order valence-corrected chi connectivity index (χ4v) is 7.81. The van der Waals surface area contributed by atoms with Gasteiger partial charge in [0.2, 0.25) is 0 Å². The van der Waals surface area contributed by atoms with E-state index in [0.29, 0.717) is 25.2 Å². The summed E-state index contributed by atoms with van der Waals surface area (Å²) in [4.78, 5) is 33.9. The van der Waals surface area contributed by atoms with Crippen LogP contribution in [0.4, 0.5) is 4.79 Å². The van der Waals surface area contributed by atoms with Gasteiger partial charge in [0.05, 0.1) is 36.4 Å². The van der Waals surface area contributed by atoms with Gasteiger partial charge in [-0.05, 0) is 111 Å². The van der Waals surface area contributed by atoms with Crippen molar-refractivity contribution < 1.29 is 9.53 Å². The van der Waals surface area contributed by atoms with Gasteiger partial charge in [-0.2, -0.15) is 0 Å². The SMILES string of the molecule is CN1C2CCC(C2)C1c1ncc(-c2ccc(-c3ccc4cc(-c5cnc(CN(CC6(C)CC6)C(=O)OC(C)(C)C)[nH]5)ccc4c3)cc2)[nH]1. The van der Waals surface area contributed by atoms with Crippen molar-refractivity contribution in [3.8, 4) is 33.6 Å². The van der Waals surface area contributed by atoms with Gasteiger partial charge in [-0.15, -0.1) is 0 Å². The molecule has 3 aliphatic rings. The van der Waals surface area contributed by atoms with Crippen molar-refractivity contribution in [3.63, 3.8) is 0 Å².